The van der Waals surface area contributed by atoms with E-state index in [2.05, 4.69) is 14.4 Å². The quantitative estimate of drug-likeness (QED) is 0.296. The van der Waals surface area contributed by atoms with E-state index in [0.717, 1.165) is 48.9 Å². The van der Waals surface area contributed by atoms with E-state index in [0.29, 0.717) is 6.54 Å². The first-order valence-electron chi connectivity index (χ1n) is 8.14. The molecule has 150 valence electrons. The lowest BCUT2D eigenvalue weighted by molar-refractivity contribution is -0.154. The predicted octanol–water partition coefficient (Wildman–Crippen LogP) is -0.0514. The third-order valence-corrected chi connectivity index (χ3v) is 4.32. The van der Waals surface area contributed by atoms with E-state index >= 15 is 0 Å². The molecule has 1 saturated heterocycles. The lowest BCUT2D eigenvalue weighted by Crippen LogP contribution is -2.42. The Labute approximate surface area is 161 Å². The maximum absolute atomic E-state index is 11.9. The van der Waals surface area contributed by atoms with Crippen LogP contribution < -0.4 is 0 Å². The average Bonchev–Trinajstić information content (AvgIpc) is 2.68. The van der Waals surface area contributed by atoms with Crippen LogP contribution in [0.1, 0.15) is 0 Å². The fourth-order valence-electron chi connectivity index (χ4n) is 2.03. The molecule has 1 aliphatic heterocycles. The van der Waals surface area contributed by atoms with Crippen LogP contribution in [0.3, 0.4) is 0 Å². The average molecular weight is 401 g/mol. The van der Waals surface area contributed by atoms with Gasteiger partial charge in [0.1, 0.15) is 12.7 Å². The van der Waals surface area contributed by atoms with Crippen LogP contribution in [0.15, 0.2) is 24.3 Å². The highest BCUT2D eigenvalue weighted by molar-refractivity contribution is 7.99. The van der Waals surface area contributed by atoms with Gasteiger partial charge in [-0.05, 0) is 0 Å². The van der Waals surface area contributed by atoms with Gasteiger partial charge in [-0.2, -0.15) is 11.8 Å². The molecule has 1 fully saturated rings. The molecule has 1 unspecified atom stereocenters. The van der Waals surface area contributed by atoms with Crippen molar-refractivity contribution in [2.45, 2.75) is 6.10 Å². The van der Waals surface area contributed by atoms with Crippen molar-refractivity contribution in [1.29, 1.82) is 0 Å². The zero-order valence-electron chi connectivity index (χ0n) is 15.3. The molecule has 1 aliphatic rings. The van der Waals surface area contributed by atoms with E-state index in [1.165, 1.54) is 14.2 Å². The molecule has 27 heavy (non-hydrogen) atoms. The Morgan fingerprint density at radius 2 is 1.41 bits per heavy atom. The Hall–Kier alpha value is -2.33. The third kappa shape index (κ3) is 10.4. The van der Waals surface area contributed by atoms with Gasteiger partial charge in [0.25, 0.3) is 0 Å². The SMILES string of the molecule is COC(=O)/C=C/C(=O)OCC(CN1CCSCC1)OC(=O)/C=C/C(=O)OC. The molecule has 0 aromatic carbocycles. The molecule has 1 atom stereocenters. The minimum Gasteiger partial charge on any atom is -0.466 e. The molecule has 0 aromatic rings. The van der Waals surface area contributed by atoms with E-state index in [1.54, 1.807) is 0 Å². The number of esters is 4. The van der Waals surface area contributed by atoms with Crippen molar-refractivity contribution in [3.05, 3.63) is 24.3 Å². The Morgan fingerprint density at radius 1 is 0.889 bits per heavy atom. The van der Waals surface area contributed by atoms with Crippen LogP contribution in [0, 0.1) is 0 Å². The molecule has 0 N–H and O–H groups in total. The number of nitrogens with zero attached hydrogens (tertiary/aromatic N) is 1. The highest BCUT2D eigenvalue weighted by Gasteiger charge is 2.21. The van der Waals surface area contributed by atoms with Crippen molar-refractivity contribution < 1.29 is 38.1 Å². The minimum atomic E-state index is -0.763. The van der Waals surface area contributed by atoms with Gasteiger partial charge in [0, 0.05) is 55.4 Å². The number of hydrogen-bond acceptors (Lipinski definition) is 10. The summed E-state index contributed by atoms with van der Waals surface area (Å²) < 4.78 is 19.1. The number of carbonyl (C=O) groups is 4. The van der Waals surface area contributed by atoms with Crippen LogP contribution in [-0.4, -0.2) is 86.8 Å². The lowest BCUT2D eigenvalue weighted by atomic mass is 10.3. The maximum atomic E-state index is 11.9. The van der Waals surface area contributed by atoms with Gasteiger partial charge in [0.2, 0.25) is 0 Å². The van der Waals surface area contributed by atoms with Gasteiger partial charge in [-0.25, -0.2) is 19.2 Å². The van der Waals surface area contributed by atoms with Crippen LogP contribution in [0.2, 0.25) is 0 Å². The number of carbonyl (C=O) groups excluding carboxylic acids is 4. The summed E-state index contributed by atoms with van der Waals surface area (Å²) in [5, 5.41) is 0. The van der Waals surface area contributed by atoms with Gasteiger partial charge in [0.05, 0.1) is 14.2 Å². The number of hydrogen-bond donors (Lipinski definition) is 0. The second kappa shape index (κ2) is 12.9. The van der Waals surface area contributed by atoms with E-state index in [4.69, 9.17) is 9.47 Å². The first kappa shape index (κ1) is 22.7. The summed E-state index contributed by atoms with van der Waals surface area (Å²) in [6.07, 6.45) is 3.04. The summed E-state index contributed by atoms with van der Waals surface area (Å²) in [6.45, 7) is 1.85. The second-order valence-electron chi connectivity index (χ2n) is 5.31. The summed E-state index contributed by atoms with van der Waals surface area (Å²) in [7, 11) is 2.38. The monoisotopic (exact) mass is 401 g/mol. The molecule has 9 nitrogen and oxygen atoms in total. The van der Waals surface area contributed by atoms with Gasteiger partial charge in [-0.3, -0.25) is 4.90 Å². The lowest BCUT2D eigenvalue weighted by Gasteiger charge is -2.29. The van der Waals surface area contributed by atoms with Crippen molar-refractivity contribution in [3.63, 3.8) is 0 Å². The fourth-order valence-corrected chi connectivity index (χ4v) is 3.01. The Kier molecular flexibility index (Phi) is 10.9. The van der Waals surface area contributed by atoms with Crippen molar-refractivity contribution in [2.75, 3.05) is 52.0 Å². The molecular weight excluding hydrogens is 378 g/mol. The van der Waals surface area contributed by atoms with Crippen molar-refractivity contribution >= 4 is 35.6 Å². The number of methoxy groups -OCH3 is 2. The number of ether oxygens (including phenoxy) is 4. The molecule has 0 saturated carbocycles. The highest BCUT2D eigenvalue weighted by atomic mass is 32.2. The summed E-state index contributed by atoms with van der Waals surface area (Å²) in [5.74, 6) is -0.960. The minimum absolute atomic E-state index is 0.189. The summed E-state index contributed by atoms with van der Waals surface area (Å²) in [4.78, 5) is 47.6. The van der Waals surface area contributed by atoms with Crippen molar-refractivity contribution in [1.82, 2.24) is 4.90 Å². The topological polar surface area (TPSA) is 108 Å². The van der Waals surface area contributed by atoms with E-state index in [-0.39, 0.29) is 6.61 Å². The van der Waals surface area contributed by atoms with Crippen LogP contribution >= 0.6 is 11.8 Å². The molecule has 0 amide bonds. The molecule has 10 heteroatoms. The molecule has 1 heterocycles. The number of thioether (sulfide) groups is 1. The van der Waals surface area contributed by atoms with Gasteiger partial charge in [-0.1, -0.05) is 0 Å². The molecule has 0 spiro atoms. The Bertz CT molecular complexity index is 583. The molecule has 0 aliphatic carbocycles. The van der Waals surface area contributed by atoms with E-state index in [1.807, 2.05) is 11.8 Å². The zero-order valence-corrected chi connectivity index (χ0v) is 16.1. The number of rotatable bonds is 9. The standard InChI is InChI=1S/C17H23NO8S/c1-23-14(19)3-5-16(21)25-12-13(11-18-7-9-27-10-8-18)26-17(22)6-4-15(20)24-2/h3-6,13H,7-12H2,1-2H3/b5-3+,6-4+. The summed E-state index contributed by atoms with van der Waals surface area (Å²) in [5.41, 5.74) is 0. The van der Waals surface area contributed by atoms with Crippen LogP contribution in [-0.2, 0) is 38.1 Å². The Morgan fingerprint density at radius 3 is 1.96 bits per heavy atom. The predicted molar refractivity (Wildman–Crippen MR) is 96.9 cm³/mol. The van der Waals surface area contributed by atoms with E-state index < -0.39 is 30.0 Å². The molecular formula is C17H23NO8S. The summed E-state index contributed by atoms with van der Waals surface area (Å²) in [6, 6.07) is 0. The molecule has 0 aromatic heterocycles. The zero-order chi connectivity index (χ0) is 20.1. The van der Waals surface area contributed by atoms with E-state index in [9.17, 15) is 19.2 Å². The summed E-state index contributed by atoms with van der Waals surface area (Å²) >= 11 is 1.83. The highest BCUT2D eigenvalue weighted by Crippen LogP contribution is 2.11. The fraction of sp³-hybridized carbons (Fsp3) is 0.529. The second-order valence-corrected chi connectivity index (χ2v) is 6.54. The van der Waals surface area contributed by atoms with Crippen LogP contribution in [0.5, 0.6) is 0 Å². The maximum Gasteiger partial charge on any atom is 0.331 e. The third-order valence-electron chi connectivity index (χ3n) is 3.37. The molecule has 0 radical (unpaired) electrons. The van der Waals surface area contributed by atoms with Crippen LogP contribution in [0.25, 0.3) is 0 Å². The van der Waals surface area contributed by atoms with Crippen LogP contribution in [0.4, 0.5) is 0 Å². The smallest absolute Gasteiger partial charge is 0.331 e. The first-order valence-corrected chi connectivity index (χ1v) is 9.29. The molecule has 1 rings (SSSR count). The van der Waals surface area contributed by atoms with Gasteiger partial charge in [-0.15, -0.1) is 0 Å². The van der Waals surface area contributed by atoms with Gasteiger partial charge < -0.3 is 18.9 Å². The Balaban J connectivity index is 2.60. The van der Waals surface area contributed by atoms with Crippen molar-refractivity contribution in [3.8, 4) is 0 Å². The van der Waals surface area contributed by atoms with Crippen molar-refractivity contribution in [2.24, 2.45) is 0 Å². The largest absolute Gasteiger partial charge is 0.466 e. The van der Waals surface area contributed by atoms with Gasteiger partial charge in [0.15, 0.2) is 0 Å². The molecule has 0 bridgehead atoms. The van der Waals surface area contributed by atoms with Gasteiger partial charge >= 0.3 is 23.9 Å². The first-order chi connectivity index (χ1) is 12.9. The normalized spacial score (nSPS) is 16.1.